The molecule has 0 aliphatic heterocycles. The number of anilines is 1. The summed E-state index contributed by atoms with van der Waals surface area (Å²) in [5.41, 5.74) is 2.53. The highest BCUT2D eigenvalue weighted by molar-refractivity contribution is 7.92. The summed E-state index contributed by atoms with van der Waals surface area (Å²) < 4.78 is 35.3. The van der Waals surface area contributed by atoms with E-state index in [4.69, 9.17) is 4.74 Å². The van der Waals surface area contributed by atoms with E-state index in [0.29, 0.717) is 29.4 Å². The molecule has 0 radical (unpaired) electrons. The van der Waals surface area contributed by atoms with E-state index in [9.17, 15) is 8.42 Å². The fourth-order valence-corrected chi connectivity index (χ4v) is 3.94. The summed E-state index contributed by atoms with van der Waals surface area (Å²) >= 11 is 0. The van der Waals surface area contributed by atoms with Crippen LogP contribution in [0.2, 0.25) is 0 Å². The zero-order chi connectivity index (χ0) is 21.0. The van der Waals surface area contributed by atoms with E-state index in [1.165, 1.54) is 18.5 Å². The molecule has 0 amide bonds. The molecule has 0 aliphatic rings. The van der Waals surface area contributed by atoms with Gasteiger partial charge in [0.05, 0.1) is 17.2 Å². The molecule has 30 heavy (non-hydrogen) atoms. The van der Waals surface area contributed by atoms with Gasteiger partial charge in [0.1, 0.15) is 12.1 Å². The minimum atomic E-state index is -3.73. The normalized spacial score (nSPS) is 11.5. The predicted octanol–water partition coefficient (Wildman–Crippen LogP) is 3.77. The molecule has 0 saturated carbocycles. The van der Waals surface area contributed by atoms with E-state index in [2.05, 4.69) is 26.9 Å². The van der Waals surface area contributed by atoms with Crippen LogP contribution in [0.5, 0.6) is 5.75 Å². The molecule has 0 bridgehead atoms. The van der Waals surface area contributed by atoms with Crippen LogP contribution in [0.4, 0.5) is 5.69 Å². The Morgan fingerprint density at radius 1 is 1.07 bits per heavy atom. The third-order valence-corrected chi connectivity index (χ3v) is 5.87. The zero-order valence-electron chi connectivity index (χ0n) is 16.4. The highest BCUT2D eigenvalue weighted by atomic mass is 32.2. The van der Waals surface area contributed by atoms with Gasteiger partial charge in [0.2, 0.25) is 0 Å². The summed E-state index contributed by atoms with van der Waals surface area (Å²) in [5.74, 6) is 0.653. The van der Waals surface area contributed by atoms with E-state index in [-0.39, 0.29) is 4.90 Å². The van der Waals surface area contributed by atoms with Crippen molar-refractivity contribution in [1.29, 1.82) is 0 Å². The zero-order valence-corrected chi connectivity index (χ0v) is 17.2. The number of fused-ring (bicyclic) bond motifs is 1. The van der Waals surface area contributed by atoms with Crippen molar-refractivity contribution in [1.82, 2.24) is 19.8 Å². The fourth-order valence-electron chi connectivity index (χ4n) is 2.89. The summed E-state index contributed by atoms with van der Waals surface area (Å²) in [7, 11) is -3.73. The molecule has 0 fully saturated rings. The lowest BCUT2D eigenvalue weighted by molar-refractivity contribution is 0.309. The van der Waals surface area contributed by atoms with Gasteiger partial charge in [0, 0.05) is 11.3 Å². The molecule has 0 saturated heterocycles. The van der Waals surface area contributed by atoms with Crippen LogP contribution in [0, 0.1) is 0 Å². The molecule has 0 aliphatic carbocycles. The number of sulfonamides is 1. The SMILES string of the molecule is CCCCOc1ccc(S(=O)(=O)Nc2cccc(-c3ccc4nncn4n3)c2)cc1. The Kier molecular flexibility index (Phi) is 5.62. The fraction of sp³-hybridized carbons (Fsp3) is 0.190. The Morgan fingerprint density at radius 2 is 1.90 bits per heavy atom. The van der Waals surface area contributed by atoms with Gasteiger partial charge in [-0.1, -0.05) is 25.5 Å². The molecule has 2 aromatic heterocycles. The maximum Gasteiger partial charge on any atom is 0.261 e. The van der Waals surface area contributed by atoms with Crippen molar-refractivity contribution in [3.63, 3.8) is 0 Å². The van der Waals surface area contributed by atoms with Crippen molar-refractivity contribution in [2.75, 3.05) is 11.3 Å². The molecule has 4 aromatic rings. The molecule has 2 aromatic carbocycles. The average Bonchev–Trinajstić information content (AvgIpc) is 3.22. The molecule has 8 nitrogen and oxygen atoms in total. The van der Waals surface area contributed by atoms with Gasteiger partial charge < -0.3 is 4.74 Å². The Morgan fingerprint density at radius 3 is 2.70 bits per heavy atom. The van der Waals surface area contributed by atoms with E-state index >= 15 is 0 Å². The predicted molar refractivity (Wildman–Crippen MR) is 114 cm³/mol. The van der Waals surface area contributed by atoms with Crippen molar-refractivity contribution in [3.05, 3.63) is 67.0 Å². The number of benzene rings is 2. The topological polar surface area (TPSA) is 98.5 Å². The molecule has 0 spiro atoms. The average molecular weight is 423 g/mol. The highest BCUT2D eigenvalue weighted by Crippen LogP contribution is 2.24. The van der Waals surface area contributed by atoms with Crippen LogP contribution < -0.4 is 9.46 Å². The number of aromatic nitrogens is 4. The van der Waals surface area contributed by atoms with Gasteiger partial charge in [0.25, 0.3) is 10.0 Å². The minimum Gasteiger partial charge on any atom is -0.494 e. The number of rotatable bonds is 8. The molecule has 2 heterocycles. The van der Waals surface area contributed by atoms with Crippen LogP contribution in [0.1, 0.15) is 19.8 Å². The first-order valence-corrected chi connectivity index (χ1v) is 11.1. The van der Waals surface area contributed by atoms with E-state index in [1.54, 1.807) is 40.9 Å². The molecule has 4 rings (SSSR count). The van der Waals surface area contributed by atoms with Crippen LogP contribution in [0.15, 0.2) is 71.9 Å². The molecular weight excluding hydrogens is 402 g/mol. The lowest BCUT2D eigenvalue weighted by Gasteiger charge is -2.11. The summed E-state index contributed by atoms with van der Waals surface area (Å²) in [6.07, 6.45) is 3.51. The minimum absolute atomic E-state index is 0.166. The van der Waals surface area contributed by atoms with Crippen molar-refractivity contribution in [2.24, 2.45) is 0 Å². The van der Waals surface area contributed by atoms with Crippen LogP contribution in [-0.2, 0) is 10.0 Å². The van der Waals surface area contributed by atoms with Gasteiger partial charge in [-0.2, -0.15) is 9.61 Å². The lowest BCUT2D eigenvalue weighted by atomic mass is 10.1. The summed E-state index contributed by atoms with van der Waals surface area (Å²) in [4.78, 5) is 0.166. The Bertz CT molecular complexity index is 1250. The van der Waals surface area contributed by atoms with Crippen LogP contribution in [0.25, 0.3) is 16.9 Å². The Balaban J connectivity index is 1.52. The van der Waals surface area contributed by atoms with Gasteiger partial charge in [-0.05, 0) is 55.0 Å². The highest BCUT2D eigenvalue weighted by Gasteiger charge is 2.15. The third-order valence-electron chi connectivity index (χ3n) is 4.47. The van der Waals surface area contributed by atoms with Crippen molar-refractivity contribution in [2.45, 2.75) is 24.7 Å². The molecular formula is C21H21N5O3S. The largest absolute Gasteiger partial charge is 0.494 e. The van der Waals surface area contributed by atoms with Crippen LogP contribution in [-0.4, -0.2) is 34.8 Å². The third kappa shape index (κ3) is 4.41. The van der Waals surface area contributed by atoms with Crippen molar-refractivity contribution < 1.29 is 13.2 Å². The molecule has 0 atom stereocenters. The number of hydrogen-bond donors (Lipinski definition) is 1. The number of nitrogens with zero attached hydrogens (tertiary/aromatic N) is 4. The lowest BCUT2D eigenvalue weighted by Crippen LogP contribution is -2.13. The summed E-state index contributed by atoms with van der Waals surface area (Å²) in [5, 5.41) is 12.2. The van der Waals surface area contributed by atoms with Gasteiger partial charge in [0.15, 0.2) is 5.65 Å². The number of hydrogen-bond acceptors (Lipinski definition) is 6. The second-order valence-electron chi connectivity index (χ2n) is 6.71. The van der Waals surface area contributed by atoms with Gasteiger partial charge in [-0.15, -0.1) is 10.2 Å². The Hall–Kier alpha value is -3.46. The van der Waals surface area contributed by atoms with E-state index in [0.717, 1.165) is 18.4 Å². The summed E-state index contributed by atoms with van der Waals surface area (Å²) in [6.45, 7) is 2.70. The van der Waals surface area contributed by atoms with Gasteiger partial charge in [-0.25, -0.2) is 8.42 Å². The van der Waals surface area contributed by atoms with Crippen molar-refractivity contribution >= 4 is 21.4 Å². The second kappa shape index (κ2) is 8.50. The maximum atomic E-state index is 12.8. The first-order chi connectivity index (χ1) is 14.5. The number of ether oxygens (including phenoxy) is 1. The second-order valence-corrected chi connectivity index (χ2v) is 8.39. The van der Waals surface area contributed by atoms with Gasteiger partial charge >= 0.3 is 0 Å². The molecule has 1 N–H and O–H groups in total. The molecule has 9 heteroatoms. The quantitative estimate of drug-likeness (QED) is 0.433. The first kappa shape index (κ1) is 19.8. The first-order valence-electron chi connectivity index (χ1n) is 9.58. The van der Waals surface area contributed by atoms with Crippen molar-refractivity contribution in [3.8, 4) is 17.0 Å². The molecule has 154 valence electrons. The monoisotopic (exact) mass is 423 g/mol. The van der Waals surface area contributed by atoms with E-state index < -0.39 is 10.0 Å². The Labute approximate surface area is 174 Å². The standard InChI is InChI=1S/C21H21N5O3S/c1-2-3-13-29-18-7-9-19(10-8-18)30(27,28)25-17-6-4-5-16(14-17)20-11-12-21-23-22-15-26(21)24-20/h4-12,14-15,25H,2-3,13H2,1H3. The number of nitrogens with one attached hydrogen (secondary N) is 1. The van der Waals surface area contributed by atoms with Crippen LogP contribution >= 0.6 is 0 Å². The smallest absolute Gasteiger partial charge is 0.261 e. The maximum absolute atomic E-state index is 12.8. The molecule has 0 unspecified atom stereocenters. The number of unbranched alkanes of at least 4 members (excludes halogenated alkanes) is 1. The van der Waals surface area contributed by atoms with Gasteiger partial charge in [-0.3, -0.25) is 4.72 Å². The van der Waals surface area contributed by atoms with E-state index in [1.807, 2.05) is 12.1 Å². The van der Waals surface area contributed by atoms with Crippen LogP contribution in [0.3, 0.4) is 0 Å². The summed E-state index contributed by atoms with van der Waals surface area (Å²) in [6, 6.07) is 17.1.